The van der Waals surface area contributed by atoms with Gasteiger partial charge in [-0.25, -0.2) is 0 Å². The maximum Gasteiger partial charge on any atom is -0.0203 e. The van der Waals surface area contributed by atoms with Crippen LogP contribution in [0, 0.1) is 11.8 Å². The first-order valence-corrected chi connectivity index (χ1v) is 6.53. The van der Waals surface area contributed by atoms with E-state index >= 15 is 0 Å². The molecule has 2 unspecified atom stereocenters. The molecule has 2 aliphatic carbocycles. The SMILES string of the molecule is CC.CC1=CC2CCCCC2CCC1. The molecule has 0 bridgehead atoms. The summed E-state index contributed by atoms with van der Waals surface area (Å²) in [5.74, 6) is 2.01. The highest BCUT2D eigenvalue weighted by Crippen LogP contribution is 2.37. The summed E-state index contributed by atoms with van der Waals surface area (Å²) in [7, 11) is 0. The van der Waals surface area contributed by atoms with Gasteiger partial charge in [0.2, 0.25) is 0 Å². The topological polar surface area (TPSA) is 0 Å². The fourth-order valence-corrected chi connectivity index (χ4v) is 2.91. The van der Waals surface area contributed by atoms with Crippen LogP contribution in [0.1, 0.15) is 65.7 Å². The molecular formula is C14H26. The Balaban J connectivity index is 0.000000461. The summed E-state index contributed by atoms with van der Waals surface area (Å²) in [6.45, 7) is 6.32. The van der Waals surface area contributed by atoms with Crippen LogP contribution in [0.25, 0.3) is 0 Å². The van der Waals surface area contributed by atoms with E-state index in [9.17, 15) is 0 Å². The first kappa shape index (κ1) is 11.8. The van der Waals surface area contributed by atoms with Crippen molar-refractivity contribution >= 4 is 0 Å². The van der Waals surface area contributed by atoms with Crippen molar-refractivity contribution in [2.24, 2.45) is 11.8 Å². The first-order chi connectivity index (χ1) is 6.86. The number of allylic oxidation sites excluding steroid dienone is 2. The summed E-state index contributed by atoms with van der Waals surface area (Å²) in [6.07, 6.45) is 12.8. The van der Waals surface area contributed by atoms with E-state index in [1.54, 1.807) is 5.57 Å². The Labute approximate surface area is 89.8 Å². The summed E-state index contributed by atoms with van der Waals surface area (Å²) in [6, 6.07) is 0. The Morgan fingerprint density at radius 3 is 2.43 bits per heavy atom. The molecule has 0 amide bonds. The van der Waals surface area contributed by atoms with Crippen LogP contribution < -0.4 is 0 Å². The third-order valence-electron chi connectivity index (χ3n) is 3.61. The van der Waals surface area contributed by atoms with E-state index in [1.807, 2.05) is 13.8 Å². The van der Waals surface area contributed by atoms with Gasteiger partial charge in [0, 0.05) is 0 Å². The third kappa shape index (κ3) is 3.15. The summed E-state index contributed by atoms with van der Waals surface area (Å²) in [5, 5.41) is 0. The van der Waals surface area contributed by atoms with E-state index in [2.05, 4.69) is 13.0 Å². The third-order valence-corrected chi connectivity index (χ3v) is 3.61. The van der Waals surface area contributed by atoms with Crippen molar-refractivity contribution in [2.75, 3.05) is 0 Å². The van der Waals surface area contributed by atoms with E-state index in [-0.39, 0.29) is 0 Å². The summed E-state index contributed by atoms with van der Waals surface area (Å²) in [4.78, 5) is 0. The van der Waals surface area contributed by atoms with Crippen molar-refractivity contribution in [2.45, 2.75) is 65.7 Å². The fourth-order valence-electron chi connectivity index (χ4n) is 2.91. The first-order valence-electron chi connectivity index (χ1n) is 6.53. The van der Waals surface area contributed by atoms with Crippen molar-refractivity contribution in [3.8, 4) is 0 Å². The van der Waals surface area contributed by atoms with Gasteiger partial charge in [0.05, 0.1) is 0 Å². The fraction of sp³-hybridized carbons (Fsp3) is 0.857. The molecule has 2 aliphatic rings. The van der Waals surface area contributed by atoms with E-state index < -0.39 is 0 Å². The summed E-state index contributed by atoms with van der Waals surface area (Å²) >= 11 is 0. The zero-order valence-corrected chi connectivity index (χ0v) is 10.2. The second-order valence-electron chi connectivity index (χ2n) is 4.61. The van der Waals surface area contributed by atoms with Crippen molar-refractivity contribution < 1.29 is 0 Å². The van der Waals surface area contributed by atoms with Gasteiger partial charge in [0.25, 0.3) is 0 Å². The Kier molecular flexibility index (Phi) is 5.29. The van der Waals surface area contributed by atoms with Crippen LogP contribution in [-0.4, -0.2) is 0 Å². The molecule has 0 aromatic rings. The van der Waals surface area contributed by atoms with Gasteiger partial charge in [-0.15, -0.1) is 0 Å². The average Bonchev–Trinajstić information content (AvgIpc) is 2.41. The monoisotopic (exact) mass is 194 g/mol. The number of fused-ring (bicyclic) bond motifs is 1. The molecule has 0 saturated heterocycles. The van der Waals surface area contributed by atoms with Gasteiger partial charge in [-0.2, -0.15) is 0 Å². The van der Waals surface area contributed by atoms with Gasteiger partial charge >= 0.3 is 0 Å². The molecule has 2 rings (SSSR count). The largest absolute Gasteiger partial charge is 0.0822 e. The minimum atomic E-state index is 0.959. The molecule has 1 saturated carbocycles. The highest BCUT2D eigenvalue weighted by Gasteiger charge is 2.24. The van der Waals surface area contributed by atoms with E-state index in [1.165, 1.54) is 44.9 Å². The van der Waals surface area contributed by atoms with Gasteiger partial charge in [-0.3, -0.25) is 0 Å². The van der Waals surface area contributed by atoms with Crippen molar-refractivity contribution in [1.29, 1.82) is 0 Å². The molecule has 14 heavy (non-hydrogen) atoms. The second-order valence-corrected chi connectivity index (χ2v) is 4.61. The molecule has 0 aromatic carbocycles. The van der Waals surface area contributed by atoms with Crippen LogP contribution >= 0.6 is 0 Å². The molecule has 2 atom stereocenters. The van der Waals surface area contributed by atoms with Crippen molar-refractivity contribution in [3.63, 3.8) is 0 Å². The molecule has 0 radical (unpaired) electrons. The number of hydrogen-bond acceptors (Lipinski definition) is 0. The molecule has 0 spiro atoms. The minimum Gasteiger partial charge on any atom is -0.0822 e. The Hall–Kier alpha value is -0.260. The predicted octanol–water partition coefficient (Wildman–Crippen LogP) is 4.95. The lowest BCUT2D eigenvalue weighted by molar-refractivity contribution is 0.270. The van der Waals surface area contributed by atoms with Gasteiger partial charge in [0.15, 0.2) is 0 Å². The summed E-state index contributed by atoms with van der Waals surface area (Å²) in [5.41, 5.74) is 1.66. The lowest BCUT2D eigenvalue weighted by atomic mass is 9.78. The van der Waals surface area contributed by atoms with Crippen molar-refractivity contribution in [3.05, 3.63) is 11.6 Å². The summed E-state index contributed by atoms with van der Waals surface area (Å²) < 4.78 is 0. The maximum atomic E-state index is 2.58. The van der Waals surface area contributed by atoms with Gasteiger partial charge in [0.1, 0.15) is 0 Å². The lowest BCUT2D eigenvalue weighted by Gasteiger charge is -2.28. The van der Waals surface area contributed by atoms with Crippen LogP contribution in [-0.2, 0) is 0 Å². The zero-order valence-electron chi connectivity index (χ0n) is 10.2. The Morgan fingerprint density at radius 2 is 1.64 bits per heavy atom. The molecule has 0 aliphatic heterocycles. The highest BCUT2D eigenvalue weighted by atomic mass is 14.3. The van der Waals surface area contributed by atoms with E-state index in [0.29, 0.717) is 0 Å². The molecule has 0 aromatic heterocycles. The Bertz CT molecular complexity index is 178. The van der Waals surface area contributed by atoms with Gasteiger partial charge < -0.3 is 0 Å². The van der Waals surface area contributed by atoms with Crippen LogP contribution in [0.4, 0.5) is 0 Å². The molecule has 0 heteroatoms. The smallest absolute Gasteiger partial charge is 0.0203 e. The lowest BCUT2D eigenvalue weighted by Crippen LogP contribution is -2.16. The molecule has 0 N–H and O–H groups in total. The van der Waals surface area contributed by atoms with Crippen LogP contribution in [0.3, 0.4) is 0 Å². The normalized spacial score (nSPS) is 31.8. The molecule has 1 fully saturated rings. The highest BCUT2D eigenvalue weighted by molar-refractivity contribution is 5.05. The van der Waals surface area contributed by atoms with Crippen LogP contribution in [0.2, 0.25) is 0 Å². The molecule has 0 heterocycles. The van der Waals surface area contributed by atoms with E-state index in [4.69, 9.17) is 0 Å². The quantitative estimate of drug-likeness (QED) is 0.479. The van der Waals surface area contributed by atoms with Crippen LogP contribution in [0.5, 0.6) is 0 Å². The van der Waals surface area contributed by atoms with Crippen LogP contribution in [0.15, 0.2) is 11.6 Å². The maximum absolute atomic E-state index is 2.58. The van der Waals surface area contributed by atoms with E-state index in [0.717, 1.165) is 11.8 Å². The molecular weight excluding hydrogens is 168 g/mol. The molecule has 82 valence electrons. The molecule has 0 nitrogen and oxygen atoms in total. The predicted molar refractivity (Wildman–Crippen MR) is 64.4 cm³/mol. The average molecular weight is 194 g/mol. The zero-order chi connectivity index (χ0) is 10.4. The number of hydrogen-bond donors (Lipinski definition) is 0. The Morgan fingerprint density at radius 1 is 1.00 bits per heavy atom. The van der Waals surface area contributed by atoms with Gasteiger partial charge in [-0.05, 0) is 50.9 Å². The number of rotatable bonds is 0. The standard InChI is InChI=1S/C12H20.C2H6/c1-10-5-4-8-11-6-2-3-7-12(11)9-10;1-2/h9,11-12H,2-8H2,1H3;1-2H3. The minimum absolute atomic E-state index is 0.959. The second kappa shape index (κ2) is 6.27. The van der Waals surface area contributed by atoms with Gasteiger partial charge in [-0.1, -0.05) is 38.3 Å². The van der Waals surface area contributed by atoms with Crippen molar-refractivity contribution in [1.82, 2.24) is 0 Å².